The second-order valence-electron chi connectivity index (χ2n) is 8.82. The van der Waals surface area contributed by atoms with Gasteiger partial charge in [-0.05, 0) is 47.8 Å². The summed E-state index contributed by atoms with van der Waals surface area (Å²) in [5, 5.41) is 19.0. The van der Waals surface area contributed by atoms with Gasteiger partial charge in [0.2, 0.25) is 0 Å². The zero-order valence-electron chi connectivity index (χ0n) is 20.7. The van der Waals surface area contributed by atoms with Crippen molar-refractivity contribution in [2.75, 3.05) is 13.3 Å². The Balaban J connectivity index is 2.25. The first-order chi connectivity index (χ1) is 17.0. The van der Waals surface area contributed by atoms with E-state index in [1.165, 1.54) is 19.2 Å². The van der Waals surface area contributed by atoms with E-state index in [2.05, 4.69) is 11.6 Å². The Bertz CT molecular complexity index is 1360. The van der Waals surface area contributed by atoms with Crippen molar-refractivity contribution in [1.29, 1.82) is 0 Å². The maximum atomic E-state index is 13.9. The highest BCUT2D eigenvalue weighted by molar-refractivity contribution is 7.64. The number of aromatic nitrogens is 1. The molecule has 1 aromatic heterocycles. The number of aliphatic carboxylic acids is 1. The van der Waals surface area contributed by atoms with E-state index in [1.54, 1.807) is 13.0 Å². The first-order valence-corrected chi connectivity index (χ1v) is 13.3. The molecule has 188 valence electrons. The van der Waals surface area contributed by atoms with E-state index < -0.39 is 32.0 Å². The van der Waals surface area contributed by atoms with E-state index >= 15 is 0 Å². The third-order valence-corrected chi connectivity index (χ3v) is 7.59. The lowest BCUT2D eigenvalue weighted by molar-refractivity contribution is -0.138. The second-order valence-corrected chi connectivity index (χ2v) is 11.1. The third kappa shape index (κ3) is 6.67. The smallest absolute Gasteiger partial charge is 0.305 e. The van der Waals surface area contributed by atoms with Gasteiger partial charge in [0.15, 0.2) is 0 Å². The highest BCUT2D eigenvalue weighted by Crippen LogP contribution is 2.46. The van der Waals surface area contributed by atoms with Crippen molar-refractivity contribution in [2.45, 2.75) is 39.2 Å². The van der Waals surface area contributed by atoms with Crippen molar-refractivity contribution in [3.63, 3.8) is 0 Å². The number of carboxylic acids is 1. The van der Waals surface area contributed by atoms with Crippen molar-refractivity contribution >= 4 is 13.3 Å². The maximum Gasteiger partial charge on any atom is 0.305 e. The SMILES string of the molecule is COP(=O)(C#Cc1c(-c2ccc(F)cc2C)cc(-c2ccccc2)nc1C(C)C)C[C@@H](O)CC(=O)O. The molecule has 2 N–H and O–H groups in total. The van der Waals surface area contributed by atoms with Crippen LogP contribution >= 0.6 is 7.37 Å². The fourth-order valence-electron chi connectivity index (χ4n) is 3.86. The number of carbonyl (C=O) groups is 1. The number of carboxylic acid groups (broad SMARTS) is 1. The minimum atomic E-state index is -3.69. The molecule has 0 saturated carbocycles. The molecule has 0 fully saturated rings. The molecule has 2 atom stereocenters. The van der Waals surface area contributed by atoms with Crippen LogP contribution in [0.4, 0.5) is 4.39 Å². The Morgan fingerprint density at radius 1 is 1.14 bits per heavy atom. The number of halogens is 1. The first-order valence-electron chi connectivity index (χ1n) is 11.5. The number of pyridine rings is 1. The molecular weight excluding hydrogens is 480 g/mol. The molecule has 0 bridgehead atoms. The molecule has 0 radical (unpaired) electrons. The van der Waals surface area contributed by atoms with Gasteiger partial charge in [-0.25, -0.2) is 4.39 Å². The van der Waals surface area contributed by atoms with Gasteiger partial charge in [0, 0.05) is 18.2 Å². The molecule has 0 aliphatic heterocycles. The molecule has 0 aliphatic carbocycles. The number of aliphatic hydroxyl groups is 1. The summed E-state index contributed by atoms with van der Waals surface area (Å²) >= 11 is 0. The van der Waals surface area contributed by atoms with Crippen LogP contribution in [0.25, 0.3) is 22.4 Å². The minimum Gasteiger partial charge on any atom is -0.481 e. The van der Waals surface area contributed by atoms with Gasteiger partial charge in [0.25, 0.3) is 7.37 Å². The predicted octanol–water partition coefficient (Wildman–Crippen LogP) is 6.06. The molecule has 0 aliphatic rings. The lowest BCUT2D eigenvalue weighted by atomic mass is 9.91. The molecule has 6 nitrogen and oxygen atoms in total. The molecule has 3 aromatic rings. The maximum absolute atomic E-state index is 13.9. The topological polar surface area (TPSA) is 96.7 Å². The number of nitrogens with zero attached hydrogens (tertiary/aromatic N) is 1. The summed E-state index contributed by atoms with van der Waals surface area (Å²) in [7, 11) is -2.47. The number of hydrogen-bond donors (Lipinski definition) is 2. The van der Waals surface area contributed by atoms with Crippen LogP contribution in [0, 0.1) is 24.3 Å². The Morgan fingerprint density at radius 3 is 2.42 bits per heavy atom. The van der Waals surface area contributed by atoms with Crippen LogP contribution in [0.5, 0.6) is 0 Å². The summed E-state index contributed by atoms with van der Waals surface area (Å²) in [6, 6.07) is 16.0. The Hall–Kier alpha value is -3.30. The van der Waals surface area contributed by atoms with Crippen molar-refractivity contribution in [3.05, 3.63) is 77.2 Å². The van der Waals surface area contributed by atoms with Crippen LogP contribution in [0.2, 0.25) is 0 Å². The van der Waals surface area contributed by atoms with Crippen LogP contribution in [0.1, 0.15) is 43.0 Å². The summed E-state index contributed by atoms with van der Waals surface area (Å²) in [6.07, 6.45) is -2.36. The molecule has 0 amide bonds. The molecule has 8 heteroatoms. The summed E-state index contributed by atoms with van der Waals surface area (Å²) < 4.78 is 32.3. The van der Waals surface area contributed by atoms with Crippen LogP contribution in [0.15, 0.2) is 54.6 Å². The van der Waals surface area contributed by atoms with E-state index in [4.69, 9.17) is 14.6 Å². The quantitative estimate of drug-likeness (QED) is 0.283. The molecular formula is C28H29FNO5P. The van der Waals surface area contributed by atoms with E-state index in [0.29, 0.717) is 22.4 Å². The van der Waals surface area contributed by atoms with Gasteiger partial charge in [-0.2, -0.15) is 0 Å². The predicted molar refractivity (Wildman–Crippen MR) is 139 cm³/mol. The van der Waals surface area contributed by atoms with Crippen molar-refractivity contribution in [3.8, 4) is 34.0 Å². The lowest BCUT2D eigenvalue weighted by Crippen LogP contribution is -2.17. The first kappa shape index (κ1) is 27.3. The van der Waals surface area contributed by atoms with Gasteiger partial charge in [0.05, 0.1) is 35.6 Å². The highest BCUT2D eigenvalue weighted by Gasteiger charge is 2.26. The Kier molecular flexibility index (Phi) is 8.81. The lowest BCUT2D eigenvalue weighted by Gasteiger charge is -2.18. The highest BCUT2D eigenvalue weighted by atomic mass is 31.2. The normalized spacial score (nSPS) is 13.5. The summed E-state index contributed by atoms with van der Waals surface area (Å²) in [5.74, 6) is 1.35. The zero-order chi connectivity index (χ0) is 26.5. The number of hydrogen-bond acceptors (Lipinski definition) is 5. The molecule has 2 aromatic carbocycles. The van der Waals surface area contributed by atoms with E-state index in [9.17, 15) is 18.9 Å². The average molecular weight is 510 g/mol. The Morgan fingerprint density at radius 2 is 1.83 bits per heavy atom. The van der Waals surface area contributed by atoms with Gasteiger partial charge in [-0.15, -0.1) is 0 Å². The second kappa shape index (κ2) is 11.6. The average Bonchev–Trinajstić information content (AvgIpc) is 2.82. The van der Waals surface area contributed by atoms with Crippen LogP contribution in [0.3, 0.4) is 0 Å². The van der Waals surface area contributed by atoms with Crippen LogP contribution in [-0.4, -0.2) is 40.5 Å². The zero-order valence-corrected chi connectivity index (χ0v) is 21.6. The van der Waals surface area contributed by atoms with E-state index in [-0.39, 0.29) is 11.7 Å². The molecule has 1 heterocycles. The summed E-state index contributed by atoms with van der Waals surface area (Å²) in [4.78, 5) is 15.8. The van der Waals surface area contributed by atoms with Gasteiger partial charge in [0.1, 0.15) is 5.82 Å². The van der Waals surface area contributed by atoms with E-state index in [0.717, 1.165) is 16.8 Å². The summed E-state index contributed by atoms with van der Waals surface area (Å²) in [5.41, 5.74) is 7.63. The van der Waals surface area contributed by atoms with Crippen molar-refractivity contribution < 1.29 is 28.5 Å². The molecule has 0 saturated heterocycles. The largest absolute Gasteiger partial charge is 0.481 e. The van der Waals surface area contributed by atoms with E-state index in [1.807, 2.05) is 50.2 Å². The molecule has 1 unspecified atom stereocenters. The third-order valence-electron chi connectivity index (χ3n) is 5.65. The number of aryl methyl sites for hydroxylation is 1. The molecule has 0 spiro atoms. The Labute approximate surface area is 210 Å². The van der Waals surface area contributed by atoms with Crippen molar-refractivity contribution in [1.82, 2.24) is 4.98 Å². The van der Waals surface area contributed by atoms with Gasteiger partial charge < -0.3 is 14.7 Å². The monoisotopic (exact) mass is 509 g/mol. The summed E-state index contributed by atoms with van der Waals surface area (Å²) in [6.45, 7) is 5.74. The van der Waals surface area contributed by atoms with Gasteiger partial charge >= 0.3 is 5.97 Å². The molecule has 36 heavy (non-hydrogen) atoms. The van der Waals surface area contributed by atoms with Crippen molar-refractivity contribution in [2.24, 2.45) is 0 Å². The molecule has 3 rings (SSSR count). The number of benzene rings is 2. The fraction of sp³-hybridized carbons (Fsp3) is 0.286. The number of rotatable bonds is 8. The minimum absolute atomic E-state index is 0.0583. The van der Waals surface area contributed by atoms with Crippen LogP contribution in [-0.2, 0) is 13.9 Å². The van der Waals surface area contributed by atoms with Crippen LogP contribution < -0.4 is 0 Å². The van der Waals surface area contributed by atoms with Gasteiger partial charge in [-0.1, -0.05) is 56.2 Å². The fourth-order valence-corrected chi connectivity index (χ4v) is 5.16. The number of aliphatic hydroxyl groups excluding tert-OH is 1. The van der Waals surface area contributed by atoms with Gasteiger partial charge in [-0.3, -0.25) is 14.3 Å². The standard InChI is InChI=1S/C28H29FNO5P/c1-18(2)28-24(12-13-36(34,35-4)17-22(31)15-27(32)33)25(23-11-10-21(29)14-19(23)3)16-26(30-28)20-8-6-5-7-9-20/h5-11,14,16,18,22,31H,15,17H2,1-4H3,(H,32,33)/t22-,36?/m0/s1.